The number of ether oxygens (including phenoxy) is 1. The normalized spacial score (nSPS) is 19.2. The van der Waals surface area contributed by atoms with Gasteiger partial charge in [-0.1, -0.05) is 0 Å². The van der Waals surface area contributed by atoms with Crippen molar-refractivity contribution < 1.29 is 19.0 Å². The number of nitrogens with zero attached hydrogens (tertiary/aromatic N) is 2. The SMILES string of the molecule is N#Cc1cc(F)cc(C(=O)N2CCOC[C@@H](CO)C2)c1. The molecule has 1 atom stereocenters. The monoisotopic (exact) mass is 278 g/mol. The first-order chi connectivity index (χ1) is 9.63. The molecule has 106 valence electrons. The highest BCUT2D eigenvalue weighted by Crippen LogP contribution is 2.14. The molecule has 0 aliphatic carbocycles. The predicted octanol–water partition coefficient (Wildman–Crippen LogP) is 0.778. The zero-order valence-electron chi connectivity index (χ0n) is 10.9. The molecule has 0 saturated carbocycles. The quantitative estimate of drug-likeness (QED) is 0.867. The average Bonchev–Trinajstić information content (AvgIpc) is 2.71. The van der Waals surface area contributed by atoms with Gasteiger partial charge in [0.1, 0.15) is 5.82 Å². The second-order valence-corrected chi connectivity index (χ2v) is 4.72. The molecule has 1 aliphatic rings. The Bertz CT molecular complexity index is 542. The van der Waals surface area contributed by atoms with Crippen molar-refractivity contribution in [3.63, 3.8) is 0 Å². The molecule has 0 aromatic heterocycles. The van der Waals surface area contributed by atoms with Crippen LogP contribution in [0.3, 0.4) is 0 Å². The van der Waals surface area contributed by atoms with Gasteiger partial charge in [-0.3, -0.25) is 4.79 Å². The molecule has 1 aromatic carbocycles. The van der Waals surface area contributed by atoms with Gasteiger partial charge < -0.3 is 14.7 Å². The number of aliphatic hydroxyl groups excluding tert-OH is 1. The molecular formula is C14H15FN2O3. The maximum Gasteiger partial charge on any atom is 0.254 e. The molecule has 0 bridgehead atoms. The fraction of sp³-hybridized carbons (Fsp3) is 0.429. The van der Waals surface area contributed by atoms with Crippen molar-refractivity contribution in [3.8, 4) is 6.07 Å². The van der Waals surface area contributed by atoms with Crippen LogP contribution in [-0.2, 0) is 4.74 Å². The molecule has 20 heavy (non-hydrogen) atoms. The van der Waals surface area contributed by atoms with Gasteiger partial charge in [0, 0.05) is 31.2 Å². The zero-order valence-corrected chi connectivity index (χ0v) is 10.9. The molecular weight excluding hydrogens is 263 g/mol. The van der Waals surface area contributed by atoms with Crippen LogP contribution in [0.1, 0.15) is 15.9 Å². The summed E-state index contributed by atoms with van der Waals surface area (Å²) in [5.74, 6) is -1.12. The van der Waals surface area contributed by atoms with E-state index in [1.807, 2.05) is 6.07 Å². The number of amides is 1. The third-order valence-corrected chi connectivity index (χ3v) is 3.16. The van der Waals surface area contributed by atoms with Crippen molar-refractivity contribution in [2.45, 2.75) is 0 Å². The highest BCUT2D eigenvalue weighted by Gasteiger charge is 2.23. The van der Waals surface area contributed by atoms with Crippen LogP contribution >= 0.6 is 0 Å². The van der Waals surface area contributed by atoms with Gasteiger partial charge in [0.05, 0.1) is 24.8 Å². The summed E-state index contributed by atoms with van der Waals surface area (Å²) in [6.45, 7) is 1.44. The lowest BCUT2D eigenvalue weighted by Crippen LogP contribution is -2.36. The Morgan fingerprint density at radius 3 is 3.05 bits per heavy atom. The Balaban J connectivity index is 2.21. The maximum absolute atomic E-state index is 13.4. The topological polar surface area (TPSA) is 73.6 Å². The van der Waals surface area contributed by atoms with Crippen molar-refractivity contribution >= 4 is 5.91 Å². The van der Waals surface area contributed by atoms with Crippen LogP contribution in [0, 0.1) is 23.1 Å². The van der Waals surface area contributed by atoms with Crippen molar-refractivity contribution in [2.75, 3.05) is 32.9 Å². The van der Waals surface area contributed by atoms with Crippen LogP contribution in [-0.4, -0.2) is 48.8 Å². The molecule has 1 saturated heterocycles. The number of halogens is 1. The van der Waals surface area contributed by atoms with Crippen LogP contribution in [0.4, 0.5) is 4.39 Å². The molecule has 1 aromatic rings. The molecule has 1 fully saturated rings. The lowest BCUT2D eigenvalue weighted by Gasteiger charge is -2.22. The molecule has 1 amide bonds. The number of hydrogen-bond acceptors (Lipinski definition) is 4. The first kappa shape index (κ1) is 14.4. The standard InChI is InChI=1S/C14H15FN2O3/c15-13-4-10(6-16)3-12(5-13)14(19)17-1-2-20-9-11(7-17)8-18/h3-5,11,18H,1-2,7-9H2/t11-/m1/s1. The number of hydrogen-bond donors (Lipinski definition) is 1. The summed E-state index contributed by atoms with van der Waals surface area (Å²) in [5.41, 5.74) is 0.248. The summed E-state index contributed by atoms with van der Waals surface area (Å²) < 4.78 is 18.7. The molecule has 5 nitrogen and oxygen atoms in total. The largest absolute Gasteiger partial charge is 0.396 e. The third kappa shape index (κ3) is 3.32. The Morgan fingerprint density at radius 2 is 2.35 bits per heavy atom. The molecule has 1 N–H and O–H groups in total. The minimum Gasteiger partial charge on any atom is -0.396 e. The second kappa shape index (κ2) is 6.46. The molecule has 1 aliphatic heterocycles. The fourth-order valence-electron chi connectivity index (χ4n) is 2.14. The van der Waals surface area contributed by atoms with E-state index in [1.54, 1.807) is 0 Å². The number of aliphatic hydroxyl groups is 1. The van der Waals surface area contributed by atoms with E-state index in [1.165, 1.54) is 11.0 Å². The molecule has 1 heterocycles. The van der Waals surface area contributed by atoms with E-state index in [-0.39, 0.29) is 29.6 Å². The number of carbonyl (C=O) groups is 1. The number of rotatable bonds is 2. The van der Waals surface area contributed by atoms with E-state index in [0.717, 1.165) is 12.1 Å². The van der Waals surface area contributed by atoms with Crippen molar-refractivity contribution in [1.29, 1.82) is 5.26 Å². The predicted molar refractivity (Wildman–Crippen MR) is 68.4 cm³/mol. The lowest BCUT2D eigenvalue weighted by atomic mass is 10.1. The van der Waals surface area contributed by atoms with E-state index in [2.05, 4.69) is 0 Å². The Labute approximate surface area is 116 Å². The van der Waals surface area contributed by atoms with E-state index < -0.39 is 5.82 Å². The summed E-state index contributed by atoms with van der Waals surface area (Å²) in [7, 11) is 0. The number of carbonyl (C=O) groups excluding carboxylic acids is 1. The smallest absolute Gasteiger partial charge is 0.254 e. The summed E-state index contributed by atoms with van der Waals surface area (Å²) in [5, 5.41) is 18.0. The average molecular weight is 278 g/mol. The lowest BCUT2D eigenvalue weighted by molar-refractivity contribution is 0.0727. The molecule has 0 spiro atoms. The van der Waals surface area contributed by atoms with Gasteiger partial charge in [-0.2, -0.15) is 5.26 Å². The van der Waals surface area contributed by atoms with Crippen LogP contribution in [0.2, 0.25) is 0 Å². The molecule has 0 unspecified atom stereocenters. The van der Waals surface area contributed by atoms with Crippen LogP contribution in [0.5, 0.6) is 0 Å². The Kier molecular flexibility index (Phi) is 4.66. The highest BCUT2D eigenvalue weighted by molar-refractivity contribution is 5.94. The summed E-state index contributed by atoms with van der Waals surface area (Å²) in [6.07, 6.45) is 0. The Morgan fingerprint density at radius 1 is 1.55 bits per heavy atom. The van der Waals surface area contributed by atoms with Crippen LogP contribution in [0.15, 0.2) is 18.2 Å². The van der Waals surface area contributed by atoms with Gasteiger partial charge in [0.2, 0.25) is 0 Å². The third-order valence-electron chi connectivity index (χ3n) is 3.16. The first-order valence-electron chi connectivity index (χ1n) is 6.32. The van der Waals surface area contributed by atoms with Crippen molar-refractivity contribution in [3.05, 3.63) is 35.1 Å². The number of benzene rings is 1. The van der Waals surface area contributed by atoms with Gasteiger partial charge in [-0.05, 0) is 18.2 Å². The maximum atomic E-state index is 13.4. The molecule has 6 heteroatoms. The number of nitriles is 1. The van der Waals surface area contributed by atoms with Gasteiger partial charge in [0.15, 0.2) is 0 Å². The second-order valence-electron chi connectivity index (χ2n) is 4.72. The molecule has 0 radical (unpaired) electrons. The van der Waals surface area contributed by atoms with Crippen molar-refractivity contribution in [2.24, 2.45) is 5.92 Å². The molecule has 2 rings (SSSR count). The first-order valence-corrected chi connectivity index (χ1v) is 6.32. The Hall–Kier alpha value is -1.97. The summed E-state index contributed by atoms with van der Waals surface area (Å²) in [6, 6.07) is 5.39. The van der Waals surface area contributed by atoms with Crippen LogP contribution in [0.25, 0.3) is 0 Å². The minimum atomic E-state index is -0.614. The summed E-state index contributed by atoms with van der Waals surface area (Å²) in [4.78, 5) is 13.9. The van der Waals surface area contributed by atoms with Gasteiger partial charge in [-0.25, -0.2) is 4.39 Å². The van der Waals surface area contributed by atoms with Crippen LogP contribution < -0.4 is 0 Å². The minimum absolute atomic E-state index is 0.0730. The summed E-state index contributed by atoms with van der Waals surface area (Å²) >= 11 is 0. The zero-order chi connectivity index (χ0) is 14.5. The van der Waals surface area contributed by atoms with E-state index >= 15 is 0 Å². The highest BCUT2D eigenvalue weighted by atomic mass is 19.1. The van der Waals surface area contributed by atoms with E-state index in [9.17, 15) is 14.3 Å². The van der Waals surface area contributed by atoms with Gasteiger partial charge in [-0.15, -0.1) is 0 Å². The van der Waals surface area contributed by atoms with Crippen molar-refractivity contribution in [1.82, 2.24) is 4.90 Å². The van der Waals surface area contributed by atoms with Gasteiger partial charge in [0.25, 0.3) is 5.91 Å². The fourth-order valence-corrected chi connectivity index (χ4v) is 2.14. The van der Waals surface area contributed by atoms with E-state index in [4.69, 9.17) is 10.00 Å². The van der Waals surface area contributed by atoms with E-state index in [0.29, 0.717) is 26.3 Å². The van der Waals surface area contributed by atoms with Gasteiger partial charge >= 0.3 is 0 Å².